The standard InChI is InChI=1S/C24H22N2O/c1-19(17-20-11-5-2-6-12-20)18-25-26-24(27)23(21-13-7-3-8-14-21)22-15-9-4-10-16-22/h2-18,23H,1H3,(H,26,27)/b19-17+,25-18+. The van der Waals surface area contributed by atoms with Gasteiger partial charge in [-0.05, 0) is 29.2 Å². The molecule has 3 heteroatoms. The number of nitrogens with one attached hydrogen (secondary N) is 1. The predicted octanol–water partition coefficient (Wildman–Crippen LogP) is 5.02. The summed E-state index contributed by atoms with van der Waals surface area (Å²) < 4.78 is 0. The molecule has 1 N–H and O–H groups in total. The van der Waals surface area contributed by atoms with Gasteiger partial charge in [-0.2, -0.15) is 5.10 Å². The molecule has 0 unspecified atom stereocenters. The van der Waals surface area contributed by atoms with Gasteiger partial charge in [0.15, 0.2) is 0 Å². The second-order valence-corrected chi connectivity index (χ2v) is 6.29. The summed E-state index contributed by atoms with van der Waals surface area (Å²) in [5.74, 6) is -0.556. The molecule has 0 saturated heterocycles. The van der Waals surface area contributed by atoms with Crippen molar-refractivity contribution >= 4 is 18.2 Å². The van der Waals surface area contributed by atoms with E-state index in [4.69, 9.17) is 0 Å². The van der Waals surface area contributed by atoms with Crippen LogP contribution in [-0.2, 0) is 4.79 Å². The van der Waals surface area contributed by atoms with Crippen LogP contribution in [0.3, 0.4) is 0 Å². The summed E-state index contributed by atoms with van der Waals surface area (Å²) in [5.41, 5.74) is 6.61. The number of carbonyl (C=O) groups excluding carboxylic acids is 1. The van der Waals surface area contributed by atoms with Crippen molar-refractivity contribution in [2.45, 2.75) is 12.8 Å². The lowest BCUT2D eigenvalue weighted by Gasteiger charge is -2.16. The average Bonchev–Trinajstić information content (AvgIpc) is 2.70. The highest BCUT2D eigenvalue weighted by Gasteiger charge is 2.22. The maximum Gasteiger partial charge on any atom is 0.252 e. The fraction of sp³-hybridized carbons (Fsp3) is 0.0833. The van der Waals surface area contributed by atoms with Gasteiger partial charge in [-0.1, -0.05) is 97.1 Å². The van der Waals surface area contributed by atoms with Gasteiger partial charge >= 0.3 is 0 Å². The van der Waals surface area contributed by atoms with Crippen LogP contribution in [0.2, 0.25) is 0 Å². The first-order valence-electron chi connectivity index (χ1n) is 8.90. The fourth-order valence-corrected chi connectivity index (χ4v) is 2.90. The number of nitrogens with zero attached hydrogens (tertiary/aromatic N) is 1. The quantitative estimate of drug-likeness (QED) is 0.490. The first-order valence-corrected chi connectivity index (χ1v) is 8.90. The van der Waals surface area contributed by atoms with Gasteiger partial charge in [-0.15, -0.1) is 0 Å². The van der Waals surface area contributed by atoms with Gasteiger partial charge < -0.3 is 0 Å². The van der Waals surface area contributed by atoms with E-state index in [1.807, 2.05) is 104 Å². The highest BCUT2D eigenvalue weighted by molar-refractivity contribution is 5.89. The van der Waals surface area contributed by atoms with Gasteiger partial charge in [0.25, 0.3) is 5.91 Å². The number of hydrogen-bond donors (Lipinski definition) is 1. The minimum atomic E-state index is -0.400. The van der Waals surface area contributed by atoms with Crippen molar-refractivity contribution in [3.63, 3.8) is 0 Å². The highest BCUT2D eigenvalue weighted by Crippen LogP contribution is 2.24. The van der Waals surface area contributed by atoms with E-state index in [1.54, 1.807) is 6.21 Å². The summed E-state index contributed by atoms with van der Waals surface area (Å²) in [4.78, 5) is 12.8. The lowest BCUT2D eigenvalue weighted by molar-refractivity contribution is -0.121. The number of amides is 1. The lowest BCUT2D eigenvalue weighted by Crippen LogP contribution is -2.26. The molecule has 27 heavy (non-hydrogen) atoms. The van der Waals surface area contributed by atoms with E-state index >= 15 is 0 Å². The van der Waals surface area contributed by atoms with Gasteiger partial charge in [0.05, 0.1) is 12.1 Å². The van der Waals surface area contributed by atoms with E-state index in [1.165, 1.54) is 0 Å². The van der Waals surface area contributed by atoms with Gasteiger partial charge in [0.1, 0.15) is 0 Å². The van der Waals surface area contributed by atoms with Gasteiger partial charge in [0, 0.05) is 0 Å². The van der Waals surface area contributed by atoms with Crippen LogP contribution in [0.5, 0.6) is 0 Å². The Labute approximate surface area is 160 Å². The van der Waals surface area contributed by atoms with Crippen molar-refractivity contribution in [2.75, 3.05) is 0 Å². The van der Waals surface area contributed by atoms with Crippen LogP contribution < -0.4 is 5.43 Å². The van der Waals surface area contributed by atoms with Crippen LogP contribution in [0, 0.1) is 0 Å². The molecule has 0 spiro atoms. The zero-order chi connectivity index (χ0) is 18.9. The zero-order valence-electron chi connectivity index (χ0n) is 15.2. The van der Waals surface area contributed by atoms with E-state index in [-0.39, 0.29) is 5.91 Å². The van der Waals surface area contributed by atoms with Crippen molar-refractivity contribution in [3.05, 3.63) is 113 Å². The van der Waals surface area contributed by atoms with E-state index < -0.39 is 5.92 Å². The number of carbonyl (C=O) groups is 1. The molecule has 0 heterocycles. The van der Waals surface area contributed by atoms with Crippen molar-refractivity contribution < 1.29 is 4.79 Å². The second-order valence-electron chi connectivity index (χ2n) is 6.29. The van der Waals surface area contributed by atoms with Crippen molar-refractivity contribution in [3.8, 4) is 0 Å². The topological polar surface area (TPSA) is 41.5 Å². The molecule has 3 aromatic carbocycles. The van der Waals surface area contributed by atoms with Crippen LogP contribution in [-0.4, -0.2) is 12.1 Å². The fourth-order valence-electron chi connectivity index (χ4n) is 2.90. The summed E-state index contributed by atoms with van der Waals surface area (Å²) >= 11 is 0. The molecule has 0 aliphatic carbocycles. The molecule has 3 rings (SSSR count). The molecule has 0 aliphatic heterocycles. The van der Waals surface area contributed by atoms with Crippen LogP contribution in [0.4, 0.5) is 0 Å². The Bertz CT molecular complexity index is 877. The monoisotopic (exact) mass is 354 g/mol. The number of hydrazone groups is 1. The van der Waals surface area contributed by atoms with Crippen LogP contribution in [0.1, 0.15) is 29.5 Å². The Morgan fingerprint density at radius 3 is 1.81 bits per heavy atom. The first-order chi connectivity index (χ1) is 13.2. The summed E-state index contributed by atoms with van der Waals surface area (Å²) in [6, 6.07) is 29.5. The third kappa shape index (κ3) is 5.25. The maximum absolute atomic E-state index is 12.8. The van der Waals surface area contributed by atoms with Crippen molar-refractivity contribution in [1.82, 2.24) is 5.43 Å². The minimum absolute atomic E-state index is 0.156. The third-order valence-corrected chi connectivity index (χ3v) is 4.16. The molecule has 0 aromatic heterocycles. The van der Waals surface area contributed by atoms with E-state index in [0.29, 0.717) is 0 Å². The maximum atomic E-state index is 12.8. The Kier molecular flexibility index (Phi) is 6.31. The minimum Gasteiger partial charge on any atom is -0.272 e. The molecule has 0 radical (unpaired) electrons. The molecule has 0 fully saturated rings. The molecule has 1 amide bonds. The molecule has 134 valence electrons. The molecular weight excluding hydrogens is 332 g/mol. The SMILES string of the molecule is CC(/C=N/NC(=O)C(c1ccccc1)c1ccccc1)=C\c1ccccc1. The van der Waals surface area contributed by atoms with Gasteiger partial charge in [0.2, 0.25) is 0 Å². The third-order valence-electron chi connectivity index (χ3n) is 4.16. The van der Waals surface area contributed by atoms with E-state index in [9.17, 15) is 4.79 Å². The summed E-state index contributed by atoms with van der Waals surface area (Å²) in [6.45, 7) is 1.95. The number of allylic oxidation sites excluding steroid dienone is 1. The zero-order valence-corrected chi connectivity index (χ0v) is 15.2. The molecular formula is C24H22N2O. The van der Waals surface area contributed by atoms with Crippen LogP contribution in [0.25, 0.3) is 6.08 Å². The summed E-state index contributed by atoms with van der Waals surface area (Å²) in [6.07, 6.45) is 3.68. The molecule has 0 aliphatic rings. The lowest BCUT2D eigenvalue weighted by atomic mass is 9.91. The highest BCUT2D eigenvalue weighted by atomic mass is 16.2. The summed E-state index contributed by atoms with van der Waals surface area (Å²) in [7, 11) is 0. The van der Waals surface area contributed by atoms with Gasteiger partial charge in [-0.3, -0.25) is 4.79 Å². The normalized spacial score (nSPS) is 11.7. The predicted molar refractivity (Wildman–Crippen MR) is 111 cm³/mol. The Morgan fingerprint density at radius 2 is 1.30 bits per heavy atom. The Morgan fingerprint density at radius 1 is 0.815 bits per heavy atom. The summed E-state index contributed by atoms with van der Waals surface area (Å²) in [5, 5.41) is 4.15. The first kappa shape index (κ1) is 18.3. The molecule has 0 bridgehead atoms. The molecule has 3 aromatic rings. The van der Waals surface area contributed by atoms with E-state index in [2.05, 4.69) is 10.5 Å². The smallest absolute Gasteiger partial charge is 0.252 e. The van der Waals surface area contributed by atoms with Crippen LogP contribution >= 0.6 is 0 Å². The number of hydrogen-bond acceptors (Lipinski definition) is 2. The Balaban J connectivity index is 1.74. The Hall–Kier alpha value is -3.46. The average molecular weight is 354 g/mol. The van der Waals surface area contributed by atoms with Crippen molar-refractivity contribution in [2.24, 2.45) is 5.10 Å². The number of benzene rings is 3. The molecule has 3 nitrogen and oxygen atoms in total. The second kappa shape index (κ2) is 9.30. The largest absolute Gasteiger partial charge is 0.272 e. The molecule has 0 atom stereocenters. The molecule has 0 saturated carbocycles. The van der Waals surface area contributed by atoms with Gasteiger partial charge in [-0.25, -0.2) is 5.43 Å². The van der Waals surface area contributed by atoms with E-state index in [0.717, 1.165) is 22.3 Å². The van der Waals surface area contributed by atoms with Crippen LogP contribution in [0.15, 0.2) is 102 Å². The van der Waals surface area contributed by atoms with Crippen molar-refractivity contribution in [1.29, 1.82) is 0 Å². The number of rotatable bonds is 6.